The first-order chi connectivity index (χ1) is 17.0. The Morgan fingerprint density at radius 2 is 2.20 bits per heavy atom. The number of aliphatic imine (C=N–C) groups is 1. The number of nitrogens with two attached hydrogens (primary N) is 1. The van der Waals surface area contributed by atoms with E-state index in [2.05, 4.69) is 32.3 Å². The van der Waals surface area contributed by atoms with Crippen LogP contribution in [0.4, 0.5) is 26.4 Å². The molecule has 0 bridgehead atoms. The molecule has 1 saturated heterocycles. The Morgan fingerprint density at radius 3 is 3.03 bits per heavy atom. The molecule has 0 aliphatic carbocycles. The highest BCUT2D eigenvalue weighted by Gasteiger charge is 2.31. The lowest BCUT2D eigenvalue weighted by Gasteiger charge is -2.22. The van der Waals surface area contributed by atoms with Crippen molar-refractivity contribution in [2.75, 3.05) is 49.3 Å². The van der Waals surface area contributed by atoms with Crippen LogP contribution in [-0.4, -0.2) is 61.8 Å². The second-order valence-corrected chi connectivity index (χ2v) is 8.47. The number of amides is 1. The summed E-state index contributed by atoms with van der Waals surface area (Å²) in [6, 6.07) is 3.28. The number of nitrogens with one attached hydrogen (secondary N) is 2. The van der Waals surface area contributed by atoms with Gasteiger partial charge in [-0.15, -0.1) is 0 Å². The van der Waals surface area contributed by atoms with Crippen LogP contribution in [0, 0.1) is 18.7 Å². The molecule has 182 valence electrons. The molecule has 0 saturated carbocycles. The smallest absolute Gasteiger partial charge is 0.413 e. The molecule has 0 spiro atoms. The number of hydrogen-bond acceptors (Lipinski definition) is 9. The predicted octanol–water partition coefficient (Wildman–Crippen LogP) is 3.39. The number of nitrogens with zero attached hydrogens (tertiary/aromatic N) is 3. The summed E-state index contributed by atoms with van der Waals surface area (Å²) in [7, 11) is 0. The van der Waals surface area contributed by atoms with Crippen LogP contribution in [0.2, 0.25) is 0 Å². The number of nitrogen functional groups attached to an aromatic ring is 1. The lowest BCUT2D eigenvalue weighted by atomic mass is 9.97. The molecule has 2 aliphatic heterocycles. The van der Waals surface area contributed by atoms with Gasteiger partial charge in [-0.25, -0.2) is 19.2 Å². The predicted molar refractivity (Wildman–Crippen MR) is 131 cm³/mol. The summed E-state index contributed by atoms with van der Waals surface area (Å²) in [4.78, 5) is 24.9. The molecular weight excluding hydrogens is 455 g/mol. The second-order valence-electron chi connectivity index (χ2n) is 8.47. The van der Waals surface area contributed by atoms with E-state index >= 15 is 4.39 Å². The third-order valence-electron chi connectivity index (χ3n) is 6.23. The van der Waals surface area contributed by atoms with Crippen molar-refractivity contribution in [2.24, 2.45) is 10.9 Å². The number of aromatic nitrogens is 2. The molecule has 4 N–H and O–H groups in total. The Hall–Kier alpha value is -3.99. The second kappa shape index (κ2) is 9.34. The zero-order valence-electron chi connectivity index (χ0n) is 19.1. The fourth-order valence-electron chi connectivity index (χ4n) is 4.37. The van der Waals surface area contributed by atoms with Gasteiger partial charge in [0.05, 0.1) is 18.9 Å². The van der Waals surface area contributed by atoms with E-state index < -0.39 is 18.0 Å². The number of rotatable bonds is 5. The maximum Gasteiger partial charge on any atom is 0.413 e. The standard InChI is InChI=1S/C24H25FN6O4/c1-12-16(8-30-23-22(12)28-3-4-34-23)15-5-13-6-19(29-9-17(13)21(26)20(15)25)31-24(32)35-18-11-33-10-14(18)7-27-2/h5-6,8-9,14,18,28H,2-4,7,10-11,26H2,1H3,(H,29,31,32)/t14-,18-/m0/s1. The molecule has 2 aromatic heterocycles. The van der Waals surface area contributed by atoms with Gasteiger partial charge in [0, 0.05) is 47.9 Å². The number of fused-ring (bicyclic) bond motifs is 2. The van der Waals surface area contributed by atoms with Crippen LogP contribution in [0.5, 0.6) is 5.88 Å². The van der Waals surface area contributed by atoms with Crippen molar-refractivity contribution in [3.8, 4) is 17.0 Å². The van der Waals surface area contributed by atoms with E-state index in [4.69, 9.17) is 19.9 Å². The average molecular weight is 481 g/mol. The van der Waals surface area contributed by atoms with Gasteiger partial charge in [0.15, 0.2) is 5.82 Å². The number of ether oxygens (including phenoxy) is 3. The molecule has 1 aromatic carbocycles. The molecule has 5 rings (SSSR count). The summed E-state index contributed by atoms with van der Waals surface area (Å²) in [6.45, 7) is 7.70. The van der Waals surface area contributed by atoms with Crippen LogP contribution >= 0.6 is 0 Å². The molecule has 0 radical (unpaired) electrons. The fraction of sp³-hybridized carbons (Fsp3) is 0.333. The lowest BCUT2D eigenvalue weighted by Crippen LogP contribution is -2.29. The fourth-order valence-corrected chi connectivity index (χ4v) is 4.37. The Labute approximate surface area is 200 Å². The minimum atomic E-state index is -0.669. The van der Waals surface area contributed by atoms with E-state index in [-0.39, 0.29) is 23.0 Å². The minimum Gasteiger partial charge on any atom is -0.474 e. The molecule has 0 unspecified atom stereocenters. The molecule has 1 amide bonds. The third kappa shape index (κ3) is 4.30. The van der Waals surface area contributed by atoms with Gasteiger partial charge >= 0.3 is 6.09 Å². The highest BCUT2D eigenvalue weighted by atomic mass is 19.1. The largest absolute Gasteiger partial charge is 0.474 e. The highest BCUT2D eigenvalue weighted by Crippen LogP contribution is 2.39. The Balaban J connectivity index is 1.44. The molecule has 1 fully saturated rings. The van der Waals surface area contributed by atoms with Crippen molar-refractivity contribution < 1.29 is 23.4 Å². The van der Waals surface area contributed by atoms with Gasteiger partial charge in [-0.05, 0) is 36.7 Å². The van der Waals surface area contributed by atoms with Gasteiger partial charge in [-0.2, -0.15) is 0 Å². The molecule has 3 aromatic rings. The number of carbonyl (C=O) groups excluding carboxylic acids is 1. The maximum atomic E-state index is 15.3. The number of halogens is 1. The molecular formula is C24H25FN6O4. The summed E-state index contributed by atoms with van der Waals surface area (Å²) in [5.41, 5.74) is 8.49. The van der Waals surface area contributed by atoms with Crippen LogP contribution in [0.25, 0.3) is 21.9 Å². The molecule has 2 aliphatic rings. The molecule has 2 atom stereocenters. The van der Waals surface area contributed by atoms with E-state index in [1.807, 2.05) is 6.92 Å². The van der Waals surface area contributed by atoms with E-state index in [1.165, 1.54) is 6.20 Å². The zero-order valence-corrected chi connectivity index (χ0v) is 19.1. The number of carbonyl (C=O) groups is 1. The SMILES string of the molecule is C=NC[C@H]1COC[C@@H]1OC(=O)Nc1cc2cc(-c3cnc4c(c3C)NCCO4)c(F)c(N)c2cn1. The van der Waals surface area contributed by atoms with Crippen LogP contribution in [-0.2, 0) is 9.47 Å². The van der Waals surface area contributed by atoms with Crippen LogP contribution < -0.4 is 21.1 Å². The molecule has 35 heavy (non-hydrogen) atoms. The minimum absolute atomic E-state index is 0.0386. The highest BCUT2D eigenvalue weighted by molar-refractivity contribution is 5.99. The van der Waals surface area contributed by atoms with E-state index in [0.717, 1.165) is 11.3 Å². The quantitative estimate of drug-likeness (QED) is 0.374. The summed E-state index contributed by atoms with van der Waals surface area (Å²) in [5.74, 6) is 0.123. The molecule has 4 heterocycles. The van der Waals surface area contributed by atoms with Gasteiger partial charge in [0.1, 0.15) is 24.2 Å². The zero-order chi connectivity index (χ0) is 24.5. The van der Waals surface area contributed by atoms with Crippen LogP contribution in [0.1, 0.15) is 5.56 Å². The Kier molecular flexibility index (Phi) is 6.08. The van der Waals surface area contributed by atoms with Crippen molar-refractivity contribution in [3.05, 3.63) is 35.9 Å². The van der Waals surface area contributed by atoms with Crippen molar-refractivity contribution in [2.45, 2.75) is 13.0 Å². The van der Waals surface area contributed by atoms with Gasteiger partial charge in [0.25, 0.3) is 0 Å². The topological polar surface area (TPSA) is 133 Å². The summed E-state index contributed by atoms with van der Waals surface area (Å²) in [5, 5.41) is 6.90. The van der Waals surface area contributed by atoms with Crippen molar-refractivity contribution in [3.63, 3.8) is 0 Å². The molecule has 10 nitrogen and oxygen atoms in total. The monoisotopic (exact) mass is 480 g/mol. The Bertz CT molecular complexity index is 1320. The third-order valence-corrected chi connectivity index (χ3v) is 6.23. The number of hydrogen-bond donors (Lipinski definition) is 3. The Morgan fingerprint density at radius 1 is 1.34 bits per heavy atom. The van der Waals surface area contributed by atoms with Crippen molar-refractivity contribution in [1.29, 1.82) is 0 Å². The number of anilines is 3. The van der Waals surface area contributed by atoms with Crippen molar-refractivity contribution >= 4 is 40.8 Å². The average Bonchev–Trinajstić information content (AvgIpc) is 3.28. The first-order valence-corrected chi connectivity index (χ1v) is 11.2. The van der Waals surface area contributed by atoms with E-state index in [1.54, 1.807) is 18.3 Å². The van der Waals surface area contributed by atoms with Gasteiger partial charge in [-0.1, -0.05) is 0 Å². The van der Waals surface area contributed by atoms with Gasteiger partial charge < -0.3 is 30.3 Å². The van der Waals surface area contributed by atoms with E-state index in [0.29, 0.717) is 55.1 Å². The van der Waals surface area contributed by atoms with E-state index in [9.17, 15) is 4.79 Å². The summed E-state index contributed by atoms with van der Waals surface area (Å²) >= 11 is 0. The first kappa shape index (κ1) is 22.8. The first-order valence-electron chi connectivity index (χ1n) is 11.2. The summed E-state index contributed by atoms with van der Waals surface area (Å²) in [6.07, 6.45) is 1.90. The number of pyridine rings is 2. The number of benzene rings is 1. The maximum absolute atomic E-state index is 15.3. The summed E-state index contributed by atoms with van der Waals surface area (Å²) < 4.78 is 31.8. The van der Waals surface area contributed by atoms with Gasteiger partial charge in [0.2, 0.25) is 5.88 Å². The normalized spacial score (nSPS) is 18.9. The molecule has 11 heteroatoms. The van der Waals surface area contributed by atoms with Crippen LogP contribution in [0.15, 0.2) is 29.5 Å². The van der Waals surface area contributed by atoms with Gasteiger partial charge in [-0.3, -0.25) is 5.32 Å². The van der Waals surface area contributed by atoms with Crippen molar-refractivity contribution in [1.82, 2.24) is 9.97 Å². The van der Waals surface area contributed by atoms with Crippen LogP contribution in [0.3, 0.4) is 0 Å². The lowest BCUT2D eigenvalue weighted by molar-refractivity contribution is 0.0833.